The normalized spacial score (nSPS) is 11.5. The van der Waals surface area contributed by atoms with Crippen LogP contribution in [-0.4, -0.2) is 22.6 Å². The summed E-state index contributed by atoms with van der Waals surface area (Å²) in [4.78, 5) is 15.8. The van der Waals surface area contributed by atoms with Crippen LogP contribution in [0.5, 0.6) is 0 Å². The van der Waals surface area contributed by atoms with E-state index >= 15 is 0 Å². The van der Waals surface area contributed by atoms with Crippen LogP contribution in [0.1, 0.15) is 26.7 Å². The third-order valence-electron chi connectivity index (χ3n) is 4.25. The summed E-state index contributed by atoms with van der Waals surface area (Å²) in [7, 11) is 0. The SMILES string of the molecule is CCCNC(CC)Nc1c2ccccc2nc2cccc([N+](=O)[O-])c12.Cl.Cl. The Kier molecular flexibility index (Phi) is 8.69. The zero-order valence-electron chi connectivity index (χ0n) is 15.3. The Balaban J connectivity index is 0.00000182. The zero-order valence-corrected chi connectivity index (χ0v) is 16.9. The van der Waals surface area contributed by atoms with Gasteiger partial charge in [-0.05, 0) is 31.5 Å². The minimum absolute atomic E-state index is 0. The number of rotatable bonds is 7. The topological polar surface area (TPSA) is 80.1 Å². The summed E-state index contributed by atoms with van der Waals surface area (Å²) < 4.78 is 0. The molecule has 0 amide bonds. The van der Waals surface area contributed by atoms with E-state index in [1.165, 1.54) is 6.07 Å². The highest BCUT2D eigenvalue weighted by Crippen LogP contribution is 2.36. The molecule has 0 radical (unpaired) electrons. The average molecular weight is 411 g/mol. The van der Waals surface area contributed by atoms with Crippen molar-refractivity contribution < 1.29 is 4.92 Å². The number of nitro groups is 1. The van der Waals surface area contributed by atoms with Gasteiger partial charge in [0.25, 0.3) is 5.69 Å². The molecule has 0 aliphatic heterocycles. The molecule has 0 fully saturated rings. The first-order chi connectivity index (χ1) is 12.2. The number of hydrogen-bond acceptors (Lipinski definition) is 5. The first-order valence-corrected chi connectivity index (χ1v) is 8.61. The molecule has 1 heterocycles. The van der Waals surface area contributed by atoms with Crippen LogP contribution < -0.4 is 10.6 Å². The number of non-ortho nitro benzene ring substituents is 1. The first-order valence-electron chi connectivity index (χ1n) is 8.61. The maximum absolute atomic E-state index is 11.6. The number of aromatic nitrogens is 1. The van der Waals surface area contributed by atoms with Crippen LogP contribution in [0.25, 0.3) is 21.8 Å². The van der Waals surface area contributed by atoms with Crippen molar-refractivity contribution in [2.45, 2.75) is 32.9 Å². The first kappa shape index (κ1) is 22.9. The predicted octanol–water partition coefficient (Wildman–Crippen LogP) is 5.29. The van der Waals surface area contributed by atoms with Crippen molar-refractivity contribution in [3.8, 4) is 0 Å². The second-order valence-electron chi connectivity index (χ2n) is 5.99. The van der Waals surface area contributed by atoms with Gasteiger partial charge in [0.15, 0.2) is 0 Å². The van der Waals surface area contributed by atoms with Crippen molar-refractivity contribution in [3.05, 3.63) is 52.6 Å². The molecular formula is C19H24Cl2N4O2. The fraction of sp³-hybridized carbons (Fsp3) is 0.316. The molecule has 27 heavy (non-hydrogen) atoms. The average Bonchev–Trinajstić information content (AvgIpc) is 2.63. The van der Waals surface area contributed by atoms with Gasteiger partial charge in [0.05, 0.1) is 27.8 Å². The maximum Gasteiger partial charge on any atom is 0.280 e. The number of nitro benzene ring substituents is 1. The Morgan fingerprint density at radius 2 is 1.78 bits per heavy atom. The number of anilines is 1. The minimum Gasteiger partial charge on any atom is -0.369 e. The molecule has 6 nitrogen and oxygen atoms in total. The summed E-state index contributed by atoms with van der Waals surface area (Å²) in [6.07, 6.45) is 1.92. The van der Waals surface area contributed by atoms with E-state index in [1.54, 1.807) is 6.07 Å². The van der Waals surface area contributed by atoms with E-state index in [1.807, 2.05) is 30.3 Å². The monoisotopic (exact) mass is 410 g/mol. The molecule has 0 spiro atoms. The van der Waals surface area contributed by atoms with Crippen molar-refractivity contribution in [2.24, 2.45) is 0 Å². The van der Waals surface area contributed by atoms with Gasteiger partial charge in [0.2, 0.25) is 0 Å². The van der Waals surface area contributed by atoms with Gasteiger partial charge in [-0.3, -0.25) is 15.4 Å². The summed E-state index contributed by atoms with van der Waals surface area (Å²) in [5, 5.41) is 19.9. The molecule has 0 saturated carbocycles. The van der Waals surface area contributed by atoms with Crippen LogP contribution in [-0.2, 0) is 0 Å². The van der Waals surface area contributed by atoms with Crippen LogP contribution >= 0.6 is 24.8 Å². The molecule has 8 heteroatoms. The second kappa shape index (κ2) is 10.3. The number of halogens is 2. The van der Waals surface area contributed by atoms with Crippen molar-refractivity contribution in [3.63, 3.8) is 0 Å². The summed E-state index contributed by atoms with van der Waals surface area (Å²) >= 11 is 0. The lowest BCUT2D eigenvalue weighted by molar-refractivity contribution is -0.383. The molecule has 1 unspecified atom stereocenters. The van der Waals surface area contributed by atoms with E-state index in [2.05, 4.69) is 29.5 Å². The fourth-order valence-electron chi connectivity index (χ4n) is 3.02. The minimum atomic E-state index is -0.343. The third-order valence-corrected chi connectivity index (χ3v) is 4.25. The Bertz CT molecular complexity index is 921. The van der Waals surface area contributed by atoms with E-state index in [4.69, 9.17) is 0 Å². The van der Waals surface area contributed by atoms with Crippen LogP contribution in [0, 0.1) is 10.1 Å². The largest absolute Gasteiger partial charge is 0.369 e. The van der Waals surface area contributed by atoms with E-state index in [-0.39, 0.29) is 41.6 Å². The van der Waals surface area contributed by atoms with Gasteiger partial charge < -0.3 is 5.32 Å². The van der Waals surface area contributed by atoms with Gasteiger partial charge in [-0.2, -0.15) is 0 Å². The Hall–Kier alpha value is -2.15. The highest BCUT2D eigenvalue weighted by Gasteiger charge is 2.20. The van der Waals surface area contributed by atoms with E-state index in [9.17, 15) is 10.1 Å². The number of fused-ring (bicyclic) bond motifs is 2. The molecule has 0 bridgehead atoms. The highest BCUT2D eigenvalue weighted by molar-refractivity contribution is 6.11. The van der Waals surface area contributed by atoms with Crippen molar-refractivity contribution in [1.29, 1.82) is 0 Å². The second-order valence-corrected chi connectivity index (χ2v) is 5.99. The van der Waals surface area contributed by atoms with Crippen LogP contribution in [0.4, 0.5) is 11.4 Å². The fourth-order valence-corrected chi connectivity index (χ4v) is 3.02. The van der Waals surface area contributed by atoms with Crippen molar-refractivity contribution in [1.82, 2.24) is 10.3 Å². The third kappa shape index (κ3) is 4.77. The molecule has 0 aliphatic rings. The lowest BCUT2D eigenvalue weighted by Crippen LogP contribution is -2.36. The van der Waals surface area contributed by atoms with Crippen LogP contribution in [0.15, 0.2) is 42.5 Å². The molecule has 0 saturated heterocycles. The smallest absolute Gasteiger partial charge is 0.280 e. The summed E-state index contributed by atoms with van der Waals surface area (Å²) in [5.74, 6) is 0. The molecule has 1 atom stereocenters. The molecule has 2 aromatic carbocycles. The number of nitrogens with zero attached hydrogens (tertiary/aromatic N) is 2. The van der Waals surface area contributed by atoms with E-state index in [0.29, 0.717) is 10.9 Å². The van der Waals surface area contributed by atoms with Crippen LogP contribution in [0.3, 0.4) is 0 Å². The van der Waals surface area contributed by atoms with Gasteiger partial charge >= 0.3 is 0 Å². The summed E-state index contributed by atoms with van der Waals surface area (Å²) in [5.41, 5.74) is 2.29. The van der Waals surface area contributed by atoms with Gasteiger partial charge in [-0.25, -0.2) is 4.98 Å². The summed E-state index contributed by atoms with van der Waals surface area (Å²) in [6.45, 7) is 5.08. The van der Waals surface area contributed by atoms with Gasteiger partial charge in [0.1, 0.15) is 5.39 Å². The summed E-state index contributed by atoms with van der Waals surface area (Å²) in [6, 6.07) is 12.8. The Morgan fingerprint density at radius 1 is 1.07 bits per heavy atom. The molecule has 3 rings (SSSR count). The molecular weight excluding hydrogens is 387 g/mol. The maximum atomic E-state index is 11.6. The molecule has 3 aromatic rings. The molecule has 1 aromatic heterocycles. The van der Waals surface area contributed by atoms with Crippen molar-refractivity contribution in [2.75, 3.05) is 11.9 Å². The van der Waals surface area contributed by atoms with E-state index in [0.717, 1.165) is 36.0 Å². The lowest BCUT2D eigenvalue weighted by Gasteiger charge is -2.22. The molecule has 146 valence electrons. The number of para-hydroxylation sites is 1. The predicted molar refractivity (Wildman–Crippen MR) is 116 cm³/mol. The number of hydrogen-bond donors (Lipinski definition) is 2. The van der Waals surface area contributed by atoms with Gasteiger partial charge in [-0.1, -0.05) is 38.1 Å². The zero-order chi connectivity index (χ0) is 17.8. The Labute approximate surface area is 170 Å². The van der Waals surface area contributed by atoms with Crippen LogP contribution in [0.2, 0.25) is 0 Å². The molecule has 2 N–H and O–H groups in total. The quantitative estimate of drug-likeness (QED) is 0.239. The lowest BCUT2D eigenvalue weighted by atomic mass is 10.1. The van der Waals surface area contributed by atoms with Gasteiger partial charge in [0, 0.05) is 11.5 Å². The number of benzene rings is 2. The highest BCUT2D eigenvalue weighted by atomic mass is 35.5. The van der Waals surface area contributed by atoms with E-state index < -0.39 is 0 Å². The number of pyridine rings is 1. The molecule has 0 aliphatic carbocycles. The van der Waals surface area contributed by atoms with Crippen molar-refractivity contribution >= 4 is 58.0 Å². The standard InChI is InChI=1S/C19H22N4O2.2ClH/c1-3-12-20-17(4-2)22-19-13-8-5-6-9-14(13)21-15-10-7-11-16(18(15)19)23(24)25;;/h5-11,17,20H,3-4,12H2,1-2H3,(H,21,22);2*1H. The van der Waals surface area contributed by atoms with Gasteiger partial charge in [-0.15, -0.1) is 24.8 Å². The Morgan fingerprint density at radius 3 is 2.44 bits per heavy atom. The number of nitrogens with one attached hydrogen (secondary N) is 2.